The van der Waals surface area contributed by atoms with Crippen molar-refractivity contribution in [3.63, 3.8) is 0 Å². The van der Waals surface area contributed by atoms with Crippen LogP contribution in [0, 0.1) is 0 Å². The van der Waals surface area contributed by atoms with Crippen molar-refractivity contribution in [2.45, 2.75) is 6.54 Å². The molecule has 0 fully saturated rings. The number of carbonyl (C=O) groups excluding carboxylic acids is 1. The van der Waals surface area contributed by atoms with Gasteiger partial charge in [-0.1, -0.05) is 0 Å². The molecule has 6 heteroatoms. The zero-order chi connectivity index (χ0) is 10.0. The molecule has 0 aromatic carbocycles. The summed E-state index contributed by atoms with van der Waals surface area (Å²) in [6.07, 6.45) is 0. The Labute approximate surface area is 93.2 Å². The van der Waals surface area contributed by atoms with E-state index in [-0.39, 0.29) is 12.5 Å². The standard InChI is InChI=1S/C7H9Br2N3O/c1-11(2)7(13)4-12-6(9)3-5(8)10-12/h3H,4H2,1-2H3. The second kappa shape index (κ2) is 4.23. The summed E-state index contributed by atoms with van der Waals surface area (Å²) in [6, 6.07) is 1.79. The number of hydrogen-bond acceptors (Lipinski definition) is 2. The summed E-state index contributed by atoms with van der Waals surface area (Å²) in [5.74, 6) is 0.0105. The first-order valence-electron chi connectivity index (χ1n) is 3.59. The van der Waals surface area contributed by atoms with Gasteiger partial charge in [0.05, 0.1) is 0 Å². The number of carbonyl (C=O) groups is 1. The van der Waals surface area contributed by atoms with Gasteiger partial charge >= 0.3 is 0 Å². The Bertz CT molecular complexity index is 322. The number of nitrogens with zero attached hydrogens (tertiary/aromatic N) is 3. The number of rotatable bonds is 2. The minimum absolute atomic E-state index is 0.0105. The third kappa shape index (κ3) is 2.80. The van der Waals surface area contributed by atoms with Gasteiger partial charge in [-0.2, -0.15) is 5.10 Å². The molecule has 13 heavy (non-hydrogen) atoms. The zero-order valence-corrected chi connectivity index (χ0v) is 10.5. The summed E-state index contributed by atoms with van der Waals surface area (Å²) in [4.78, 5) is 12.8. The van der Waals surface area contributed by atoms with Gasteiger partial charge < -0.3 is 4.90 Å². The summed E-state index contributed by atoms with van der Waals surface area (Å²) in [7, 11) is 3.43. The van der Waals surface area contributed by atoms with E-state index in [0.717, 1.165) is 4.60 Å². The van der Waals surface area contributed by atoms with Gasteiger partial charge in [-0.25, -0.2) is 4.68 Å². The molecule has 0 spiro atoms. The van der Waals surface area contributed by atoms with Gasteiger partial charge in [-0.15, -0.1) is 0 Å². The maximum atomic E-state index is 11.3. The highest BCUT2D eigenvalue weighted by atomic mass is 79.9. The molecule has 1 aromatic heterocycles. The van der Waals surface area contributed by atoms with E-state index >= 15 is 0 Å². The average molecular weight is 311 g/mol. The molecule has 0 aliphatic heterocycles. The fourth-order valence-electron chi connectivity index (χ4n) is 0.745. The quantitative estimate of drug-likeness (QED) is 0.830. The average Bonchev–Trinajstić information content (AvgIpc) is 2.30. The van der Waals surface area contributed by atoms with Crippen LogP contribution in [0.2, 0.25) is 0 Å². The normalized spacial score (nSPS) is 10.2. The van der Waals surface area contributed by atoms with Crippen LogP contribution in [-0.4, -0.2) is 34.7 Å². The monoisotopic (exact) mass is 309 g/mol. The lowest BCUT2D eigenvalue weighted by atomic mass is 10.5. The van der Waals surface area contributed by atoms with Gasteiger partial charge in [0.15, 0.2) is 0 Å². The topological polar surface area (TPSA) is 38.1 Å². The van der Waals surface area contributed by atoms with E-state index in [0.29, 0.717) is 4.60 Å². The number of amides is 1. The Morgan fingerprint density at radius 2 is 2.23 bits per heavy atom. The lowest BCUT2D eigenvalue weighted by molar-refractivity contribution is -0.129. The molecule has 0 atom stereocenters. The molecule has 0 saturated carbocycles. The fraction of sp³-hybridized carbons (Fsp3) is 0.429. The van der Waals surface area contributed by atoms with E-state index in [9.17, 15) is 4.79 Å². The molecule has 0 unspecified atom stereocenters. The van der Waals surface area contributed by atoms with Gasteiger partial charge in [0.2, 0.25) is 5.91 Å². The minimum atomic E-state index is 0.0105. The van der Waals surface area contributed by atoms with Gasteiger partial charge in [0, 0.05) is 20.2 Å². The van der Waals surface area contributed by atoms with Crippen molar-refractivity contribution >= 4 is 37.8 Å². The highest BCUT2D eigenvalue weighted by molar-refractivity contribution is 9.11. The Kier molecular flexibility index (Phi) is 3.49. The second-order valence-electron chi connectivity index (χ2n) is 2.74. The van der Waals surface area contributed by atoms with Crippen LogP contribution in [0.5, 0.6) is 0 Å². The Balaban J connectivity index is 2.74. The van der Waals surface area contributed by atoms with E-state index in [1.54, 1.807) is 24.8 Å². The van der Waals surface area contributed by atoms with Crippen LogP contribution in [-0.2, 0) is 11.3 Å². The van der Waals surface area contributed by atoms with Gasteiger partial charge in [0.1, 0.15) is 15.8 Å². The zero-order valence-electron chi connectivity index (χ0n) is 7.29. The molecule has 0 aliphatic carbocycles. The number of likely N-dealkylation sites (N-methyl/N-ethyl adjacent to an activating group) is 1. The Hall–Kier alpha value is -0.360. The van der Waals surface area contributed by atoms with Crippen molar-refractivity contribution in [3.05, 3.63) is 15.3 Å². The highest BCUT2D eigenvalue weighted by Gasteiger charge is 2.09. The fourth-order valence-corrected chi connectivity index (χ4v) is 1.88. The first-order chi connectivity index (χ1) is 6.00. The highest BCUT2D eigenvalue weighted by Crippen LogP contribution is 2.16. The molecular weight excluding hydrogens is 302 g/mol. The summed E-state index contributed by atoms with van der Waals surface area (Å²) < 4.78 is 3.09. The van der Waals surface area contributed by atoms with Crippen LogP contribution in [0.3, 0.4) is 0 Å². The van der Waals surface area contributed by atoms with Crippen LogP contribution < -0.4 is 0 Å². The molecule has 0 saturated heterocycles. The smallest absolute Gasteiger partial charge is 0.243 e. The Morgan fingerprint density at radius 3 is 2.62 bits per heavy atom. The molecule has 4 nitrogen and oxygen atoms in total. The first kappa shape index (κ1) is 10.7. The van der Waals surface area contributed by atoms with Crippen LogP contribution in [0.4, 0.5) is 0 Å². The molecule has 0 N–H and O–H groups in total. The molecule has 1 heterocycles. The Morgan fingerprint density at radius 1 is 1.62 bits per heavy atom. The van der Waals surface area contributed by atoms with E-state index < -0.39 is 0 Å². The molecule has 1 rings (SSSR count). The van der Waals surface area contributed by atoms with Crippen LogP contribution in [0.25, 0.3) is 0 Å². The van der Waals surface area contributed by atoms with E-state index in [4.69, 9.17) is 0 Å². The lowest BCUT2D eigenvalue weighted by Gasteiger charge is -2.10. The summed E-state index contributed by atoms with van der Waals surface area (Å²) in [6.45, 7) is 0.249. The van der Waals surface area contributed by atoms with Crippen LogP contribution >= 0.6 is 31.9 Å². The maximum Gasteiger partial charge on any atom is 0.243 e. The van der Waals surface area contributed by atoms with Crippen molar-refractivity contribution in [2.24, 2.45) is 0 Å². The largest absolute Gasteiger partial charge is 0.347 e. The van der Waals surface area contributed by atoms with E-state index in [1.807, 2.05) is 0 Å². The van der Waals surface area contributed by atoms with Crippen molar-refractivity contribution < 1.29 is 4.79 Å². The van der Waals surface area contributed by atoms with Crippen LogP contribution in [0.1, 0.15) is 0 Å². The van der Waals surface area contributed by atoms with E-state index in [1.165, 1.54) is 4.90 Å². The summed E-state index contributed by atoms with van der Waals surface area (Å²) >= 11 is 6.52. The van der Waals surface area contributed by atoms with Crippen molar-refractivity contribution in [1.82, 2.24) is 14.7 Å². The molecular formula is C7H9Br2N3O. The van der Waals surface area contributed by atoms with Crippen molar-refractivity contribution in [1.29, 1.82) is 0 Å². The van der Waals surface area contributed by atoms with Gasteiger partial charge in [-0.3, -0.25) is 4.79 Å². The third-order valence-corrected chi connectivity index (χ3v) is 2.51. The van der Waals surface area contributed by atoms with Gasteiger partial charge in [-0.05, 0) is 31.9 Å². The predicted octanol–water partition coefficient (Wildman–Crippen LogP) is 1.50. The molecule has 72 valence electrons. The third-order valence-electron chi connectivity index (χ3n) is 1.48. The molecule has 1 aromatic rings. The van der Waals surface area contributed by atoms with Crippen molar-refractivity contribution in [2.75, 3.05) is 14.1 Å². The lowest BCUT2D eigenvalue weighted by Crippen LogP contribution is -2.26. The molecule has 0 bridgehead atoms. The number of halogens is 2. The number of aromatic nitrogens is 2. The predicted molar refractivity (Wildman–Crippen MR) is 56.3 cm³/mol. The summed E-state index contributed by atoms with van der Waals surface area (Å²) in [5.41, 5.74) is 0. The number of hydrogen-bond donors (Lipinski definition) is 0. The van der Waals surface area contributed by atoms with E-state index in [2.05, 4.69) is 37.0 Å². The molecule has 1 amide bonds. The summed E-state index contributed by atoms with van der Waals surface area (Å²) in [5, 5.41) is 4.07. The van der Waals surface area contributed by atoms with Crippen molar-refractivity contribution in [3.8, 4) is 0 Å². The SMILES string of the molecule is CN(C)C(=O)Cn1nc(Br)cc1Br. The maximum absolute atomic E-state index is 11.3. The minimum Gasteiger partial charge on any atom is -0.347 e. The van der Waals surface area contributed by atoms with Crippen LogP contribution in [0.15, 0.2) is 15.3 Å². The molecule has 0 radical (unpaired) electrons. The molecule has 0 aliphatic rings. The first-order valence-corrected chi connectivity index (χ1v) is 5.18. The second-order valence-corrected chi connectivity index (χ2v) is 4.36. The van der Waals surface area contributed by atoms with Gasteiger partial charge in [0.25, 0.3) is 0 Å².